The van der Waals surface area contributed by atoms with Gasteiger partial charge in [-0.05, 0) is 24.1 Å². The highest BCUT2D eigenvalue weighted by Gasteiger charge is 2.34. The summed E-state index contributed by atoms with van der Waals surface area (Å²) in [6.45, 7) is 0.526. The SMILES string of the molecule is Cl.NC(CC(=O)NC1CCN(c2ccccc2Cl)C1=O)c1ccccc1. The highest BCUT2D eigenvalue weighted by molar-refractivity contribution is 6.34. The van der Waals surface area contributed by atoms with Crippen LogP contribution in [-0.4, -0.2) is 24.4 Å². The van der Waals surface area contributed by atoms with Crippen LogP contribution >= 0.6 is 24.0 Å². The third-order valence-electron chi connectivity index (χ3n) is 4.32. The first kappa shape index (κ1) is 20.2. The number of rotatable bonds is 5. The number of para-hydroxylation sites is 1. The number of halogens is 2. The molecule has 26 heavy (non-hydrogen) atoms. The van der Waals surface area contributed by atoms with Gasteiger partial charge < -0.3 is 16.0 Å². The number of nitrogens with one attached hydrogen (secondary N) is 1. The van der Waals surface area contributed by atoms with Crippen LogP contribution in [0.1, 0.15) is 24.4 Å². The molecule has 1 heterocycles. The van der Waals surface area contributed by atoms with Crippen molar-refractivity contribution >= 4 is 41.5 Å². The fourth-order valence-corrected chi connectivity index (χ4v) is 3.23. The molecule has 1 saturated heterocycles. The van der Waals surface area contributed by atoms with Gasteiger partial charge >= 0.3 is 0 Å². The minimum absolute atomic E-state index is 0. The van der Waals surface area contributed by atoms with Gasteiger partial charge in [0.15, 0.2) is 0 Å². The Morgan fingerprint density at radius 1 is 1.19 bits per heavy atom. The zero-order chi connectivity index (χ0) is 17.8. The van der Waals surface area contributed by atoms with Gasteiger partial charge in [-0.15, -0.1) is 12.4 Å². The van der Waals surface area contributed by atoms with Crippen LogP contribution in [0.2, 0.25) is 5.02 Å². The van der Waals surface area contributed by atoms with Gasteiger partial charge in [0.2, 0.25) is 11.8 Å². The Balaban J connectivity index is 0.00000243. The first-order valence-corrected chi connectivity index (χ1v) is 8.60. The summed E-state index contributed by atoms with van der Waals surface area (Å²) in [6, 6.07) is 15.7. The quantitative estimate of drug-likeness (QED) is 0.819. The average Bonchev–Trinajstić information content (AvgIpc) is 2.96. The molecule has 2 atom stereocenters. The van der Waals surface area contributed by atoms with Crippen LogP contribution in [0.3, 0.4) is 0 Å². The summed E-state index contributed by atoms with van der Waals surface area (Å²) < 4.78 is 0. The van der Waals surface area contributed by atoms with Gasteiger partial charge in [-0.1, -0.05) is 54.1 Å². The van der Waals surface area contributed by atoms with Crippen LogP contribution in [0.15, 0.2) is 54.6 Å². The van der Waals surface area contributed by atoms with Gasteiger partial charge in [-0.25, -0.2) is 0 Å². The lowest BCUT2D eigenvalue weighted by molar-refractivity contribution is -0.126. The molecule has 138 valence electrons. The van der Waals surface area contributed by atoms with Crippen molar-refractivity contribution in [2.75, 3.05) is 11.4 Å². The molecule has 0 aromatic heterocycles. The molecule has 2 aromatic rings. The van der Waals surface area contributed by atoms with Crippen LogP contribution < -0.4 is 16.0 Å². The van der Waals surface area contributed by atoms with Crippen LogP contribution in [0.25, 0.3) is 0 Å². The molecule has 0 saturated carbocycles. The van der Waals surface area contributed by atoms with Crippen molar-refractivity contribution in [2.45, 2.75) is 24.9 Å². The van der Waals surface area contributed by atoms with E-state index in [2.05, 4.69) is 5.32 Å². The maximum absolute atomic E-state index is 12.6. The number of hydrogen-bond donors (Lipinski definition) is 2. The third-order valence-corrected chi connectivity index (χ3v) is 4.64. The molecular weight excluding hydrogens is 373 g/mol. The zero-order valence-corrected chi connectivity index (χ0v) is 15.7. The predicted octanol–water partition coefficient (Wildman–Crippen LogP) is 3.07. The molecule has 3 rings (SSSR count). The molecular formula is C19H21Cl2N3O2. The number of anilines is 1. The fourth-order valence-electron chi connectivity index (χ4n) is 2.99. The lowest BCUT2D eigenvalue weighted by atomic mass is 10.0. The molecule has 1 fully saturated rings. The lowest BCUT2D eigenvalue weighted by Gasteiger charge is -2.19. The van der Waals surface area contributed by atoms with E-state index in [0.717, 1.165) is 5.56 Å². The maximum atomic E-state index is 12.6. The second-order valence-corrected chi connectivity index (χ2v) is 6.48. The molecule has 2 aromatic carbocycles. The lowest BCUT2D eigenvalue weighted by Crippen LogP contribution is -2.42. The van der Waals surface area contributed by atoms with Crippen LogP contribution in [-0.2, 0) is 9.59 Å². The average molecular weight is 394 g/mol. The van der Waals surface area contributed by atoms with Crippen molar-refractivity contribution in [3.63, 3.8) is 0 Å². The van der Waals surface area contributed by atoms with Gasteiger partial charge in [-0.2, -0.15) is 0 Å². The van der Waals surface area contributed by atoms with Crippen molar-refractivity contribution < 1.29 is 9.59 Å². The van der Waals surface area contributed by atoms with E-state index in [4.69, 9.17) is 17.3 Å². The highest BCUT2D eigenvalue weighted by Crippen LogP contribution is 2.29. The van der Waals surface area contributed by atoms with Gasteiger partial charge in [0.25, 0.3) is 0 Å². The summed E-state index contributed by atoms with van der Waals surface area (Å²) in [4.78, 5) is 26.4. The van der Waals surface area contributed by atoms with E-state index in [9.17, 15) is 9.59 Å². The van der Waals surface area contributed by atoms with E-state index < -0.39 is 12.1 Å². The number of carbonyl (C=O) groups excluding carboxylic acids is 2. The third kappa shape index (κ3) is 4.55. The summed E-state index contributed by atoms with van der Waals surface area (Å²) in [6.07, 6.45) is 0.691. The summed E-state index contributed by atoms with van der Waals surface area (Å²) in [5.41, 5.74) is 7.64. The fraction of sp³-hybridized carbons (Fsp3) is 0.263. The Bertz CT molecular complexity index is 770. The number of nitrogens with two attached hydrogens (primary N) is 1. The molecule has 0 bridgehead atoms. The minimum Gasteiger partial charge on any atom is -0.344 e. The number of benzene rings is 2. The minimum atomic E-state index is -0.535. The molecule has 5 nitrogen and oxygen atoms in total. The van der Waals surface area contributed by atoms with Gasteiger partial charge in [-0.3, -0.25) is 9.59 Å². The molecule has 0 radical (unpaired) electrons. The summed E-state index contributed by atoms with van der Waals surface area (Å²) >= 11 is 6.16. The number of amides is 2. The van der Waals surface area contributed by atoms with E-state index >= 15 is 0 Å². The Kier molecular flexibility index (Phi) is 7.03. The van der Waals surface area contributed by atoms with E-state index in [0.29, 0.717) is 23.7 Å². The normalized spacial score (nSPS) is 17.5. The van der Waals surface area contributed by atoms with Crippen molar-refractivity contribution in [2.24, 2.45) is 5.73 Å². The number of hydrogen-bond acceptors (Lipinski definition) is 3. The molecule has 1 aliphatic rings. The van der Waals surface area contributed by atoms with Crippen LogP contribution in [0.4, 0.5) is 5.69 Å². The molecule has 7 heteroatoms. The van der Waals surface area contributed by atoms with E-state index in [1.165, 1.54) is 0 Å². The summed E-state index contributed by atoms with van der Waals surface area (Å²) in [7, 11) is 0. The second kappa shape index (κ2) is 9.03. The van der Waals surface area contributed by atoms with Crippen molar-refractivity contribution in [1.82, 2.24) is 5.32 Å². The summed E-state index contributed by atoms with van der Waals surface area (Å²) in [5.74, 6) is -0.370. The first-order chi connectivity index (χ1) is 12.1. The zero-order valence-electron chi connectivity index (χ0n) is 14.1. The molecule has 2 amide bonds. The van der Waals surface area contributed by atoms with E-state index in [1.54, 1.807) is 17.0 Å². The van der Waals surface area contributed by atoms with Gasteiger partial charge in [0, 0.05) is 19.0 Å². The maximum Gasteiger partial charge on any atom is 0.249 e. The Morgan fingerprint density at radius 3 is 2.54 bits per heavy atom. The Labute approximate surface area is 163 Å². The molecule has 2 unspecified atom stereocenters. The standard InChI is InChI=1S/C19H20ClN3O2.ClH/c20-14-8-4-5-9-17(14)23-11-10-16(19(23)25)22-18(24)12-15(21)13-6-2-1-3-7-13;/h1-9,15-16H,10-12,21H2,(H,22,24);1H. The first-order valence-electron chi connectivity index (χ1n) is 8.22. The van der Waals surface area contributed by atoms with Crippen molar-refractivity contribution in [3.05, 3.63) is 65.2 Å². The smallest absolute Gasteiger partial charge is 0.249 e. The molecule has 1 aliphatic heterocycles. The topological polar surface area (TPSA) is 75.4 Å². The van der Waals surface area contributed by atoms with Gasteiger partial charge in [0.1, 0.15) is 6.04 Å². The van der Waals surface area contributed by atoms with Crippen LogP contribution in [0, 0.1) is 0 Å². The second-order valence-electron chi connectivity index (χ2n) is 6.07. The van der Waals surface area contributed by atoms with Gasteiger partial charge in [0.05, 0.1) is 10.7 Å². The number of carbonyl (C=O) groups is 2. The van der Waals surface area contributed by atoms with E-state index in [-0.39, 0.29) is 30.6 Å². The number of nitrogens with zero attached hydrogens (tertiary/aromatic N) is 1. The largest absolute Gasteiger partial charge is 0.344 e. The van der Waals surface area contributed by atoms with Crippen molar-refractivity contribution in [3.8, 4) is 0 Å². The monoisotopic (exact) mass is 393 g/mol. The van der Waals surface area contributed by atoms with E-state index in [1.807, 2.05) is 42.5 Å². The molecule has 0 aliphatic carbocycles. The predicted molar refractivity (Wildman–Crippen MR) is 106 cm³/mol. The molecule has 0 spiro atoms. The molecule has 3 N–H and O–H groups in total. The Morgan fingerprint density at radius 2 is 1.85 bits per heavy atom. The highest BCUT2D eigenvalue weighted by atomic mass is 35.5. The summed E-state index contributed by atoms with van der Waals surface area (Å²) in [5, 5.41) is 3.32. The Hall–Kier alpha value is -2.08. The van der Waals surface area contributed by atoms with Crippen LogP contribution in [0.5, 0.6) is 0 Å². The van der Waals surface area contributed by atoms with Crippen molar-refractivity contribution in [1.29, 1.82) is 0 Å².